The lowest BCUT2D eigenvalue weighted by Gasteiger charge is -2.13. The molecule has 2 aromatic heterocycles. The minimum Gasteiger partial charge on any atom is -0.325 e. The van der Waals surface area contributed by atoms with Crippen molar-refractivity contribution in [3.8, 4) is 0 Å². The molecule has 1 aromatic carbocycles. The quantitative estimate of drug-likeness (QED) is 0.765. The van der Waals surface area contributed by atoms with Gasteiger partial charge in [0.15, 0.2) is 5.65 Å². The summed E-state index contributed by atoms with van der Waals surface area (Å²) in [6, 6.07) is 7.49. The molecule has 0 aliphatic rings. The van der Waals surface area contributed by atoms with Gasteiger partial charge in [-0.3, -0.25) is 0 Å². The molecule has 2 N–H and O–H groups in total. The van der Waals surface area contributed by atoms with Crippen LogP contribution in [0.25, 0.3) is 5.65 Å². The van der Waals surface area contributed by atoms with Gasteiger partial charge in [-0.15, -0.1) is 5.10 Å². The van der Waals surface area contributed by atoms with E-state index in [2.05, 4.69) is 31.2 Å². The molecule has 7 nitrogen and oxygen atoms in total. The van der Waals surface area contributed by atoms with E-state index in [0.717, 1.165) is 10.0 Å². The van der Waals surface area contributed by atoms with Crippen molar-refractivity contribution in [2.75, 3.05) is 0 Å². The fourth-order valence-corrected chi connectivity index (χ4v) is 2.40. The molecule has 1 atom stereocenters. The Hall–Kier alpha value is -2.06. The highest BCUT2D eigenvalue weighted by Crippen LogP contribution is 2.18. The van der Waals surface area contributed by atoms with E-state index in [9.17, 15) is 4.79 Å². The van der Waals surface area contributed by atoms with Gasteiger partial charge in [0.1, 0.15) is 12.0 Å². The predicted molar refractivity (Wildman–Crippen MR) is 80.9 cm³/mol. The van der Waals surface area contributed by atoms with Crippen LogP contribution >= 0.6 is 15.9 Å². The Labute approximate surface area is 128 Å². The van der Waals surface area contributed by atoms with Gasteiger partial charge >= 0.3 is 5.69 Å². The number of rotatable bonds is 3. The fraction of sp³-hybridized carbons (Fsp3) is 0.231. The van der Waals surface area contributed by atoms with Crippen LogP contribution in [-0.4, -0.2) is 24.4 Å². The molecular weight excluding hydrogens is 336 g/mol. The molecular formula is C13H13BrN6O. The van der Waals surface area contributed by atoms with Crippen LogP contribution in [0.2, 0.25) is 0 Å². The van der Waals surface area contributed by atoms with Crippen molar-refractivity contribution in [2.24, 2.45) is 5.73 Å². The van der Waals surface area contributed by atoms with Crippen molar-refractivity contribution >= 4 is 21.6 Å². The van der Waals surface area contributed by atoms with E-state index in [4.69, 9.17) is 5.73 Å². The third kappa shape index (κ3) is 2.36. The lowest BCUT2D eigenvalue weighted by Crippen LogP contribution is -2.32. The Kier molecular flexibility index (Phi) is 3.56. The second-order valence-corrected chi connectivity index (χ2v) is 5.55. The van der Waals surface area contributed by atoms with Gasteiger partial charge in [0.05, 0.1) is 6.04 Å². The minimum atomic E-state index is -0.289. The van der Waals surface area contributed by atoms with Gasteiger partial charge in [0, 0.05) is 11.0 Å². The smallest absolute Gasteiger partial charge is 0.325 e. The number of nitrogens with two attached hydrogens (primary N) is 1. The first-order chi connectivity index (χ1) is 10.1. The predicted octanol–water partition coefficient (Wildman–Crippen LogP) is 1.12. The highest BCUT2D eigenvalue weighted by molar-refractivity contribution is 9.10. The minimum absolute atomic E-state index is 0.219. The Balaban J connectivity index is 2.10. The zero-order valence-electron chi connectivity index (χ0n) is 11.3. The van der Waals surface area contributed by atoms with Crippen molar-refractivity contribution in [2.45, 2.75) is 19.5 Å². The van der Waals surface area contributed by atoms with E-state index in [-0.39, 0.29) is 18.3 Å². The number of fused-ring (bicyclic) bond motifs is 1. The van der Waals surface area contributed by atoms with Crippen molar-refractivity contribution in [3.63, 3.8) is 0 Å². The van der Waals surface area contributed by atoms with E-state index >= 15 is 0 Å². The van der Waals surface area contributed by atoms with Gasteiger partial charge in [-0.25, -0.2) is 14.2 Å². The molecule has 0 aliphatic heterocycles. The van der Waals surface area contributed by atoms with E-state index in [1.807, 2.05) is 31.2 Å². The largest absolute Gasteiger partial charge is 0.353 e. The number of aromatic nitrogens is 5. The van der Waals surface area contributed by atoms with Crippen LogP contribution in [0.15, 0.2) is 39.9 Å². The lowest BCUT2D eigenvalue weighted by atomic mass is 10.1. The average molecular weight is 349 g/mol. The van der Waals surface area contributed by atoms with Gasteiger partial charge in [-0.1, -0.05) is 33.3 Å². The summed E-state index contributed by atoms with van der Waals surface area (Å²) in [4.78, 5) is 16.5. The van der Waals surface area contributed by atoms with Crippen molar-refractivity contribution in [1.82, 2.24) is 24.4 Å². The molecule has 0 bridgehead atoms. The van der Waals surface area contributed by atoms with Gasteiger partial charge < -0.3 is 5.73 Å². The van der Waals surface area contributed by atoms with Crippen LogP contribution in [0.4, 0.5) is 0 Å². The molecule has 3 aromatic rings. The first-order valence-corrected chi connectivity index (χ1v) is 7.18. The van der Waals surface area contributed by atoms with Crippen molar-refractivity contribution < 1.29 is 0 Å². The molecule has 8 heteroatoms. The molecule has 2 heterocycles. The molecule has 0 radical (unpaired) electrons. The van der Waals surface area contributed by atoms with Crippen LogP contribution in [0, 0.1) is 0 Å². The third-order valence-electron chi connectivity index (χ3n) is 3.37. The zero-order chi connectivity index (χ0) is 15.0. The molecule has 108 valence electrons. The molecule has 3 rings (SSSR count). The number of imidazole rings is 1. The highest BCUT2D eigenvalue weighted by atomic mass is 79.9. The van der Waals surface area contributed by atoms with E-state index < -0.39 is 0 Å². The van der Waals surface area contributed by atoms with Gasteiger partial charge in [0.2, 0.25) is 0 Å². The molecule has 0 saturated heterocycles. The van der Waals surface area contributed by atoms with Gasteiger partial charge in [-0.05, 0) is 24.6 Å². The second-order valence-electron chi connectivity index (χ2n) is 4.63. The average Bonchev–Trinajstić information content (AvgIpc) is 2.92. The third-order valence-corrected chi connectivity index (χ3v) is 3.89. The van der Waals surface area contributed by atoms with Crippen LogP contribution in [0.1, 0.15) is 24.2 Å². The number of hydrogen-bond acceptors (Lipinski definition) is 5. The summed E-state index contributed by atoms with van der Waals surface area (Å²) in [5, 5.41) is 8.07. The Bertz CT molecular complexity index is 838. The van der Waals surface area contributed by atoms with Crippen LogP contribution in [0.5, 0.6) is 0 Å². The number of hydrogen-bond donors (Lipinski definition) is 1. The summed E-state index contributed by atoms with van der Waals surface area (Å²) >= 11 is 3.39. The molecule has 0 aliphatic carbocycles. The Morgan fingerprint density at radius 2 is 2.05 bits per heavy atom. The van der Waals surface area contributed by atoms with E-state index in [1.54, 1.807) is 0 Å². The van der Waals surface area contributed by atoms with Crippen LogP contribution < -0.4 is 11.4 Å². The first kappa shape index (κ1) is 13.9. The molecule has 0 amide bonds. The van der Waals surface area contributed by atoms with E-state index in [1.165, 1.54) is 15.4 Å². The summed E-state index contributed by atoms with van der Waals surface area (Å²) in [6.07, 6.45) is 1.43. The summed E-state index contributed by atoms with van der Waals surface area (Å²) < 4.78 is 3.68. The standard InChI is InChI=1S/C13H13BrN6O/c1-8(9-2-4-10(14)5-3-9)20-13(21)19-7-16-11(6-15)12(19)17-18-20/h2-5,7-8H,6,15H2,1H3. The van der Waals surface area contributed by atoms with Crippen LogP contribution in [0.3, 0.4) is 0 Å². The molecule has 21 heavy (non-hydrogen) atoms. The van der Waals surface area contributed by atoms with E-state index in [0.29, 0.717) is 11.3 Å². The van der Waals surface area contributed by atoms with Crippen molar-refractivity contribution in [3.05, 3.63) is 56.8 Å². The maximum atomic E-state index is 12.5. The second kappa shape index (κ2) is 5.38. The Morgan fingerprint density at radius 3 is 2.71 bits per heavy atom. The number of benzene rings is 1. The maximum Gasteiger partial charge on any atom is 0.353 e. The number of halogens is 1. The SMILES string of the molecule is CC(c1ccc(Br)cc1)n1nnc2c(CN)ncn2c1=O. The molecule has 0 spiro atoms. The van der Waals surface area contributed by atoms with Gasteiger partial charge in [0.25, 0.3) is 0 Å². The lowest BCUT2D eigenvalue weighted by molar-refractivity contribution is 0.480. The molecule has 1 unspecified atom stereocenters. The summed E-state index contributed by atoms with van der Waals surface area (Å²) in [6.45, 7) is 2.11. The molecule has 0 saturated carbocycles. The number of nitrogens with zero attached hydrogens (tertiary/aromatic N) is 5. The summed E-state index contributed by atoms with van der Waals surface area (Å²) in [7, 11) is 0. The summed E-state index contributed by atoms with van der Waals surface area (Å²) in [5.74, 6) is 0. The Morgan fingerprint density at radius 1 is 1.33 bits per heavy atom. The van der Waals surface area contributed by atoms with Crippen molar-refractivity contribution in [1.29, 1.82) is 0 Å². The zero-order valence-corrected chi connectivity index (χ0v) is 12.9. The normalized spacial score (nSPS) is 12.7. The van der Waals surface area contributed by atoms with Crippen LogP contribution in [-0.2, 0) is 6.54 Å². The monoisotopic (exact) mass is 348 g/mol. The topological polar surface area (TPSA) is 91.1 Å². The fourth-order valence-electron chi connectivity index (χ4n) is 2.13. The maximum absolute atomic E-state index is 12.5. The summed E-state index contributed by atoms with van der Waals surface area (Å²) in [5.41, 5.74) is 7.20. The highest BCUT2D eigenvalue weighted by Gasteiger charge is 2.15. The molecule has 0 fully saturated rings. The first-order valence-electron chi connectivity index (χ1n) is 6.38. The van der Waals surface area contributed by atoms with Gasteiger partial charge in [-0.2, -0.15) is 4.68 Å².